The Labute approximate surface area is 158 Å². The minimum atomic E-state index is -3.49. The first kappa shape index (κ1) is 18.9. The standard InChI is InChI=1S/C20H20N2O4S/c1-22(2)27(24,25)17-12-10-16(11-13-17)21-20(23)14-26-19-9-5-7-15-6-3-4-8-18(15)19/h3-13H,14H2,1-2H3,(H,21,23). The Balaban J connectivity index is 1.64. The first-order valence-corrected chi connectivity index (χ1v) is 9.75. The minimum Gasteiger partial charge on any atom is -0.483 e. The molecular weight excluding hydrogens is 364 g/mol. The lowest BCUT2D eigenvalue weighted by atomic mass is 10.1. The summed E-state index contributed by atoms with van der Waals surface area (Å²) < 4.78 is 30.9. The van der Waals surface area contributed by atoms with E-state index in [1.165, 1.54) is 26.2 Å². The molecule has 0 fully saturated rings. The second kappa shape index (κ2) is 7.77. The molecule has 3 aromatic rings. The van der Waals surface area contributed by atoms with Gasteiger partial charge in [0.2, 0.25) is 10.0 Å². The van der Waals surface area contributed by atoms with Crippen LogP contribution in [0.1, 0.15) is 0 Å². The quantitative estimate of drug-likeness (QED) is 0.709. The fourth-order valence-electron chi connectivity index (χ4n) is 2.58. The summed E-state index contributed by atoms with van der Waals surface area (Å²) in [5.41, 5.74) is 0.499. The monoisotopic (exact) mass is 384 g/mol. The summed E-state index contributed by atoms with van der Waals surface area (Å²) in [7, 11) is -0.557. The lowest BCUT2D eigenvalue weighted by molar-refractivity contribution is -0.118. The minimum absolute atomic E-state index is 0.147. The number of amides is 1. The zero-order chi connectivity index (χ0) is 19.4. The van der Waals surface area contributed by atoms with E-state index < -0.39 is 10.0 Å². The number of carbonyl (C=O) groups is 1. The van der Waals surface area contributed by atoms with Crippen molar-refractivity contribution in [2.24, 2.45) is 0 Å². The maximum atomic E-state index is 12.1. The third-order valence-electron chi connectivity index (χ3n) is 4.03. The van der Waals surface area contributed by atoms with Crippen LogP contribution >= 0.6 is 0 Å². The highest BCUT2D eigenvalue weighted by Crippen LogP contribution is 2.25. The van der Waals surface area contributed by atoms with Gasteiger partial charge in [-0.05, 0) is 35.7 Å². The predicted molar refractivity (Wildman–Crippen MR) is 105 cm³/mol. The largest absolute Gasteiger partial charge is 0.483 e. The van der Waals surface area contributed by atoms with E-state index in [-0.39, 0.29) is 17.4 Å². The van der Waals surface area contributed by atoms with Crippen LogP contribution in [0, 0.1) is 0 Å². The fraction of sp³-hybridized carbons (Fsp3) is 0.150. The van der Waals surface area contributed by atoms with Gasteiger partial charge in [0.25, 0.3) is 5.91 Å². The number of carbonyl (C=O) groups excluding carboxylic acids is 1. The van der Waals surface area contributed by atoms with Crippen molar-refractivity contribution in [3.63, 3.8) is 0 Å². The van der Waals surface area contributed by atoms with Crippen LogP contribution in [0.15, 0.2) is 71.6 Å². The van der Waals surface area contributed by atoms with Crippen LogP contribution in [-0.4, -0.2) is 39.3 Å². The van der Waals surface area contributed by atoms with Crippen molar-refractivity contribution < 1.29 is 17.9 Å². The van der Waals surface area contributed by atoms with Crippen LogP contribution in [0.2, 0.25) is 0 Å². The molecule has 0 unspecified atom stereocenters. The Morgan fingerprint density at radius 1 is 0.963 bits per heavy atom. The molecule has 0 aliphatic carbocycles. The molecule has 7 heteroatoms. The molecule has 1 N–H and O–H groups in total. The van der Waals surface area contributed by atoms with Crippen molar-refractivity contribution in [1.29, 1.82) is 0 Å². The normalized spacial score (nSPS) is 11.5. The Morgan fingerprint density at radius 2 is 1.63 bits per heavy atom. The van der Waals surface area contributed by atoms with Gasteiger partial charge in [-0.25, -0.2) is 12.7 Å². The number of benzene rings is 3. The first-order valence-electron chi connectivity index (χ1n) is 8.31. The summed E-state index contributed by atoms with van der Waals surface area (Å²) in [6, 6.07) is 19.4. The van der Waals surface area contributed by atoms with Gasteiger partial charge >= 0.3 is 0 Å². The molecule has 0 saturated carbocycles. The maximum absolute atomic E-state index is 12.1. The third-order valence-corrected chi connectivity index (χ3v) is 5.85. The molecular formula is C20H20N2O4S. The van der Waals surface area contributed by atoms with Crippen LogP contribution in [-0.2, 0) is 14.8 Å². The molecule has 0 spiro atoms. The summed E-state index contributed by atoms with van der Waals surface area (Å²) >= 11 is 0. The topological polar surface area (TPSA) is 75.7 Å². The summed E-state index contributed by atoms with van der Waals surface area (Å²) in [6.07, 6.45) is 0. The zero-order valence-electron chi connectivity index (χ0n) is 15.0. The van der Waals surface area contributed by atoms with E-state index >= 15 is 0 Å². The smallest absolute Gasteiger partial charge is 0.262 e. The lowest BCUT2D eigenvalue weighted by Crippen LogP contribution is -2.22. The average Bonchev–Trinajstić information content (AvgIpc) is 2.66. The van der Waals surface area contributed by atoms with Crippen molar-refractivity contribution in [1.82, 2.24) is 4.31 Å². The number of nitrogens with one attached hydrogen (secondary N) is 1. The highest BCUT2D eigenvalue weighted by atomic mass is 32.2. The molecule has 6 nitrogen and oxygen atoms in total. The molecule has 0 bridgehead atoms. The number of hydrogen-bond donors (Lipinski definition) is 1. The highest BCUT2D eigenvalue weighted by Gasteiger charge is 2.16. The molecule has 0 aromatic heterocycles. The maximum Gasteiger partial charge on any atom is 0.262 e. The van der Waals surface area contributed by atoms with Gasteiger partial charge in [0, 0.05) is 25.2 Å². The number of rotatable bonds is 6. The fourth-order valence-corrected chi connectivity index (χ4v) is 3.48. The molecule has 0 aliphatic rings. The number of fused-ring (bicyclic) bond motifs is 1. The lowest BCUT2D eigenvalue weighted by Gasteiger charge is -2.12. The summed E-state index contributed by atoms with van der Waals surface area (Å²) in [5.74, 6) is 0.307. The Morgan fingerprint density at radius 3 is 2.33 bits per heavy atom. The van der Waals surface area contributed by atoms with E-state index in [2.05, 4.69) is 5.32 Å². The summed E-state index contributed by atoms with van der Waals surface area (Å²) in [5, 5.41) is 4.67. The Hall–Kier alpha value is -2.90. The highest BCUT2D eigenvalue weighted by molar-refractivity contribution is 7.89. The van der Waals surface area contributed by atoms with Crippen LogP contribution in [0.25, 0.3) is 10.8 Å². The molecule has 0 radical (unpaired) electrons. The number of hydrogen-bond acceptors (Lipinski definition) is 4. The number of ether oxygens (including phenoxy) is 1. The Bertz CT molecular complexity index is 1060. The molecule has 0 aliphatic heterocycles. The average molecular weight is 384 g/mol. The van der Waals surface area contributed by atoms with Gasteiger partial charge in [-0.3, -0.25) is 4.79 Å². The first-order chi connectivity index (χ1) is 12.9. The van der Waals surface area contributed by atoms with Crippen LogP contribution in [0.5, 0.6) is 5.75 Å². The van der Waals surface area contributed by atoms with E-state index in [9.17, 15) is 13.2 Å². The summed E-state index contributed by atoms with van der Waals surface area (Å²) in [6.45, 7) is -0.147. The number of nitrogens with zero attached hydrogens (tertiary/aromatic N) is 1. The van der Waals surface area contributed by atoms with Crippen LogP contribution in [0.4, 0.5) is 5.69 Å². The van der Waals surface area contributed by atoms with Crippen molar-refractivity contribution in [3.8, 4) is 5.75 Å². The van der Waals surface area contributed by atoms with Crippen molar-refractivity contribution in [3.05, 3.63) is 66.7 Å². The van der Waals surface area contributed by atoms with Gasteiger partial charge in [-0.15, -0.1) is 0 Å². The van der Waals surface area contributed by atoms with E-state index in [1.54, 1.807) is 12.1 Å². The molecule has 0 heterocycles. The molecule has 140 valence electrons. The molecule has 1 amide bonds. The van der Waals surface area contributed by atoms with Gasteiger partial charge in [-0.1, -0.05) is 36.4 Å². The van der Waals surface area contributed by atoms with E-state index in [0.717, 1.165) is 15.1 Å². The van der Waals surface area contributed by atoms with Gasteiger partial charge in [0.1, 0.15) is 5.75 Å². The zero-order valence-corrected chi connectivity index (χ0v) is 15.9. The van der Waals surface area contributed by atoms with Gasteiger partial charge in [-0.2, -0.15) is 0 Å². The van der Waals surface area contributed by atoms with Gasteiger partial charge in [0.15, 0.2) is 6.61 Å². The van der Waals surface area contributed by atoms with E-state index in [0.29, 0.717) is 11.4 Å². The van der Waals surface area contributed by atoms with Crippen molar-refractivity contribution in [2.45, 2.75) is 4.90 Å². The molecule has 3 rings (SSSR count). The molecule has 0 saturated heterocycles. The number of sulfonamides is 1. The predicted octanol–water partition coefficient (Wildman–Crippen LogP) is 3.11. The van der Waals surface area contributed by atoms with Crippen LogP contribution < -0.4 is 10.1 Å². The van der Waals surface area contributed by atoms with Crippen molar-refractivity contribution in [2.75, 3.05) is 26.0 Å². The third kappa shape index (κ3) is 4.27. The summed E-state index contributed by atoms with van der Waals surface area (Å²) in [4.78, 5) is 12.3. The molecule has 0 atom stereocenters. The van der Waals surface area contributed by atoms with E-state index in [4.69, 9.17) is 4.74 Å². The molecule has 27 heavy (non-hydrogen) atoms. The SMILES string of the molecule is CN(C)S(=O)(=O)c1ccc(NC(=O)COc2cccc3ccccc23)cc1. The second-order valence-corrected chi connectivity index (χ2v) is 8.28. The second-order valence-electron chi connectivity index (χ2n) is 6.13. The Kier molecular flexibility index (Phi) is 5.43. The van der Waals surface area contributed by atoms with Crippen LogP contribution in [0.3, 0.4) is 0 Å². The van der Waals surface area contributed by atoms with Gasteiger partial charge < -0.3 is 10.1 Å². The number of anilines is 1. The van der Waals surface area contributed by atoms with Gasteiger partial charge in [0.05, 0.1) is 4.90 Å². The molecule has 3 aromatic carbocycles. The van der Waals surface area contributed by atoms with E-state index in [1.807, 2.05) is 42.5 Å². The van der Waals surface area contributed by atoms with Crippen molar-refractivity contribution >= 4 is 32.4 Å².